The lowest BCUT2D eigenvalue weighted by Gasteiger charge is -2.32. The highest BCUT2D eigenvalue weighted by molar-refractivity contribution is 5.75. The summed E-state index contributed by atoms with van der Waals surface area (Å²) in [4.78, 5) is 29.0. The van der Waals surface area contributed by atoms with Crippen LogP contribution < -0.4 is 19.8 Å². The first kappa shape index (κ1) is 23.0. The highest BCUT2D eigenvalue weighted by atomic mass is 16.5. The van der Waals surface area contributed by atoms with Gasteiger partial charge in [0.25, 0.3) is 0 Å². The van der Waals surface area contributed by atoms with E-state index in [1.807, 2.05) is 25.1 Å². The number of rotatable bonds is 9. The van der Waals surface area contributed by atoms with Gasteiger partial charge in [-0.2, -0.15) is 5.01 Å². The molecular weight excluding hydrogens is 434 g/mol. The van der Waals surface area contributed by atoms with Gasteiger partial charge in [0.2, 0.25) is 6.41 Å². The van der Waals surface area contributed by atoms with Gasteiger partial charge in [0, 0.05) is 30.9 Å². The van der Waals surface area contributed by atoms with E-state index in [4.69, 9.17) is 9.47 Å². The third-order valence-corrected chi connectivity index (χ3v) is 5.83. The minimum Gasteiger partial charge on any atom is -0.496 e. The van der Waals surface area contributed by atoms with Crippen molar-refractivity contribution in [2.45, 2.75) is 25.8 Å². The molecule has 0 radical (unpaired) electrons. The number of piperidine rings is 1. The Kier molecular flexibility index (Phi) is 7.22. The maximum atomic E-state index is 11.9. The second kappa shape index (κ2) is 10.7. The molecule has 1 fully saturated rings. The van der Waals surface area contributed by atoms with Crippen LogP contribution in [0.25, 0.3) is 0 Å². The molecule has 0 aliphatic carbocycles. The molecule has 1 aromatic heterocycles. The zero-order chi connectivity index (χ0) is 23.9. The second-order valence-electron chi connectivity index (χ2n) is 8.05. The topological polar surface area (TPSA) is 96.4 Å². The van der Waals surface area contributed by atoms with Gasteiger partial charge in [0.15, 0.2) is 0 Å². The number of likely N-dealkylation sites (tertiary alicyclic amines) is 1. The van der Waals surface area contributed by atoms with Crippen LogP contribution in [0.2, 0.25) is 0 Å². The van der Waals surface area contributed by atoms with Crippen LogP contribution in [0.15, 0.2) is 66.2 Å². The number of nitrogens with one attached hydrogen (secondary N) is 1. The van der Waals surface area contributed by atoms with E-state index < -0.39 is 0 Å². The van der Waals surface area contributed by atoms with Gasteiger partial charge in [-0.05, 0) is 62.2 Å². The SMILES string of the molecule is COc1cccc(Oc2ccc(N(N=O)c3cnccc3NC3CCCN(C=O)C3)cc2)c1C. The van der Waals surface area contributed by atoms with Crippen LogP contribution in [0, 0.1) is 11.8 Å². The molecule has 0 spiro atoms. The Balaban J connectivity index is 1.53. The van der Waals surface area contributed by atoms with Gasteiger partial charge >= 0.3 is 0 Å². The normalized spacial score (nSPS) is 15.4. The summed E-state index contributed by atoms with van der Waals surface area (Å²) in [6.45, 7) is 3.30. The van der Waals surface area contributed by atoms with Gasteiger partial charge in [0.05, 0.1) is 30.0 Å². The summed E-state index contributed by atoms with van der Waals surface area (Å²) in [5.41, 5.74) is 2.71. The van der Waals surface area contributed by atoms with Crippen molar-refractivity contribution < 1.29 is 14.3 Å². The van der Waals surface area contributed by atoms with Crippen molar-refractivity contribution in [2.75, 3.05) is 30.5 Å². The number of hydrogen-bond acceptors (Lipinski definition) is 7. The summed E-state index contributed by atoms with van der Waals surface area (Å²) >= 11 is 0. The molecule has 1 atom stereocenters. The molecule has 2 aromatic carbocycles. The number of anilines is 3. The van der Waals surface area contributed by atoms with Crippen LogP contribution in [0.1, 0.15) is 18.4 Å². The van der Waals surface area contributed by atoms with Gasteiger partial charge in [-0.15, -0.1) is 4.91 Å². The Hall–Kier alpha value is -4.14. The van der Waals surface area contributed by atoms with Crippen molar-refractivity contribution in [1.82, 2.24) is 9.88 Å². The number of methoxy groups -OCH3 is 1. The number of amides is 1. The largest absolute Gasteiger partial charge is 0.496 e. The lowest BCUT2D eigenvalue weighted by Crippen LogP contribution is -2.41. The van der Waals surface area contributed by atoms with E-state index in [2.05, 4.69) is 15.6 Å². The minimum absolute atomic E-state index is 0.0791. The highest BCUT2D eigenvalue weighted by Gasteiger charge is 2.21. The third kappa shape index (κ3) is 5.09. The molecule has 0 saturated carbocycles. The summed E-state index contributed by atoms with van der Waals surface area (Å²) in [6, 6.07) is 14.6. The van der Waals surface area contributed by atoms with Gasteiger partial charge in [-0.3, -0.25) is 9.78 Å². The van der Waals surface area contributed by atoms with E-state index in [9.17, 15) is 9.70 Å². The molecule has 9 nitrogen and oxygen atoms in total. The number of nitroso groups, excluding NO2 is 1. The number of nitrogens with zero attached hydrogens (tertiary/aromatic N) is 4. The van der Waals surface area contributed by atoms with Gasteiger partial charge in [-0.25, -0.2) is 0 Å². The Bertz CT molecular complexity index is 1140. The Morgan fingerprint density at radius 1 is 1.18 bits per heavy atom. The quantitative estimate of drug-likeness (QED) is 0.271. The molecule has 2 heterocycles. The number of ether oxygens (including phenoxy) is 2. The molecule has 1 amide bonds. The van der Waals surface area contributed by atoms with Gasteiger partial charge < -0.3 is 19.7 Å². The van der Waals surface area contributed by atoms with Crippen molar-refractivity contribution >= 4 is 23.5 Å². The molecule has 34 heavy (non-hydrogen) atoms. The van der Waals surface area contributed by atoms with E-state index in [0.717, 1.165) is 42.8 Å². The van der Waals surface area contributed by atoms with Crippen LogP contribution in [0.4, 0.5) is 17.1 Å². The third-order valence-electron chi connectivity index (χ3n) is 5.83. The zero-order valence-corrected chi connectivity index (χ0v) is 19.2. The first-order valence-corrected chi connectivity index (χ1v) is 11.1. The first-order valence-electron chi connectivity index (χ1n) is 11.1. The van der Waals surface area contributed by atoms with Crippen LogP contribution in [0.3, 0.4) is 0 Å². The van der Waals surface area contributed by atoms with Gasteiger partial charge in [0.1, 0.15) is 22.9 Å². The summed E-state index contributed by atoms with van der Waals surface area (Å²) in [7, 11) is 1.62. The minimum atomic E-state index is 0.0791. The monoisotopic (exact) mass is 461 g/mol. The number of hydrogen-bond donors (Lipinski definition) is 1. The molecule has 9 heteroatoms. The molecule has 1 unspecified atom stereocenters. The fourth-order valence-corrected chi connectivity index (χ4v) is 4.06. The molecule has 4 rings (SSSR count). The maximum Gasteiger partial charge on any atom is 0.209 e. The molecule has 1 aliphatic rings. The van der Waals surface area contributed by atoms with E-state index in [0.29, 0.717) is 29.4 Å². The Labute approximate surface area is 198 Å². The number of carbonyl (C=O) groups excluding carboxylic acids is 1. The molecular formula is C25H27N5O4. The number of carbonyl (C=O) groups is 1. The average molecular weight is 462 g/mol. The standard InChI is InChI=1S/C25H27N5O4/c1-18-24(33-2)6-3-7-25(18)34-21-10-8-20(9-11-21)30(28-32)23-15-26-13-12-22(23)27-19-5-4-14-29(16-19)17-31/h3,6-13,15,17,19H,4-5,14,16H2,1-2H3,(H,26,27). The van der Waals surface area contributed by atoms with E-state index in [1.54, 1.807) is 54.7 Å². The smallest absolute Gasteiger partial charge is 0.209 e. The van der Waals surface area contributed by atoms with E-state index in [1.165, 1.54) is 5.01 Å². The van der Waals surface area contributed by atoms with E-state index in [-0.39, 0.29) is 6.04 Å². The van der Waals surface area contributed by atoms with Crippen molar-refractivity contribution in [3.05, 3.63) is 71.4 Å². The molecule has 176 valence electrons. The molecule has 3 aromatic rings. The van der Waals surface area contributed by atoms with Crippen molar-refractivity contribution in [2.24, 2.45) is 5.29 Å². The fraction of sp³-hybridized carbons (Fsp3) is 0.280. The molecule has 1 aliphatic heterocycles. The lowest BCUT2D eigenvalue weighted by molar-refractivity contribution is -0.119. The first-order chi connectivity index (χ1) is 16.6. The van der Waals surface area contributed by atoms with Crippen LogP contribution in [0.5, 0.6) is 17.2 Å². The fourth-order valence-electron chi connectivity index (χ4n) is 4.06. The second-order valence-corrected chi connectivity index (χ2v) is 8.05. The number of pyridine rings is 1. The van der Waals surface area contributed by atoms with Crippen molar-refractivity contribution in [3.63, 3.8) is 0 Å². The zero-order valence-electron chi connectivity index (χ0n) is 19.2. The Morgan fingerprint density at radius 2 is 1.97 bits per heavy atom. The summed E-state index contributed by atoms with van der Waals surface area (Å²) in [6.07, 6.45) is 5.96. The highest BCUT2D eigenvalue weighted by Crippen LogP contribution is 2.35. The summed E-state index contributed by atoms with van der Waals surface area (Å²) in [5.74, 6) is 2.05. The van der Waals surface area contributed by atoms with Crippen molar-refractivity contribution in [1.29, 1.82) is 0 Å². The lowest BCUT2D eigenvalue weighted by atomic mass is 10.1. The predicted molar refractivity (Wildman–Crippen MR) is 131 cm³/mol. The molecule has 0 bridgehead atoms. The average Bonchev–Trinajstić information content (AvgIpc) is 2.88. The Morgan fingerprint density at radius 3 is 2.71 bits per heavy atom. The maximum absolute atomic E-state index is 11.9. The number of aromatic nitrogens is 1. The van der Waals surface area contributed by atoms with Crippen LogP contribution in [-0.4, -0.2) is 42.5 Å². The van der Waals surface area contributed by atoms with E-state index >= 15 is 0 Å². The van der Waals surface area contributed by atoms with Crippen molar-refractivity contribution in [3.8, 4) is 17.2 Å². The molecule has 1 N–H and O–H groups in total. The van der Waals surface area contributed by atoms with Gasteiger partial charge in [-0.1, -0.05) is 6.07 Å². The molecule has 1 saturated heterocycles. The van der Waals surface area contributed by atoms with Crippen LogP contribution >= 0.6 is 0 Å². The van der Waals surface area contributed by atoms with Crippen LogP contribution in [-0.2, 0) is 4.79 Å². The number of benzene rings is 2. The predicted octanol–water partition coefficient (Wildman–Crippen LogP) is 5.04. The summed E-state index contributed by atoms with van der Waals surface area (Å²) in [5, 5.41) is 7.97. The summed E-state index contributed by atoms with van der Waals surface area (Å²) < 4.78 is 11.4.